The Kier molecular flexibility index (Phi) is 6.36. The predicted octanol–water partition coefficient (Wildman–Crippen LogP) is 1.78. The van der Waals surface area contributed by atoms with Crippen LogP contribution in [-0.4, -0.2) is 56.3 Å². The number of halogens is 1. The molecule has 1 aromatic rings. The number of nitrogens with zero attached hydrogens (tertiary/aromatic N) is 2. The minimum atomic E-state index is -0.695. The molecular formula is C17H26FN3O2. The topological polar surface area (TPSA) is 55.8 Å². The van der Waals surface area contributed by atoms with Gasteiger partial charge in [-0.1, -0.05) is 6.07 Å². The lowest BCUT2D eigenvalue weighted by Crippen LogP contribution is -2.35. The van der Waals surface area contributed by atoms with E-state index < -0.39 is 5.97 Å². The molecule has 1 aliphatic heterocycles. The van der Waals surface area contributed by atoms with Crippen molar-refractivity contribution < 1.29 is 14.3 Å². The number of nitrogens with one attached hydrogen (secondary N) is 1. The Hall–Kier alpha value is -1.66. The molecule has 0 saturated carbocycles. The van der Waals surface area contributed by atoms with Gasteiger partial charge < -0.3 is 15.3 Å². The lowest BCUT2D eigenvalue weighted by molar-refractivity contribution is -0.143. The maximum atomic E-state index is 14.0. The van der Waals surface area contributed by atoms with E-state index in [-0.39, 0.29) is 11.7 Å². The van der Waals surface area contributed by atoms with Crippen LogP contribution < -0.4 is 10.2 Å². The van der Waals surface area contributed by atoms with Gasteiger partial charge in [-0.15, -0.1) is 0 Å². The molecule has 0 unspecified atom stereocenters. The van der Waals surface area contributed by atoms with Crippen LogP contribution in [0.4, 0.5) is 10.1 Å². The summed E-state index contributed by atoms with van der Waals surface area (Å²) < 4.78 is 14.0. The molecule has 1 aliphatic rings. The summed E-state index contributed by atoms with van der Waals surface area (Å²) in [7, 11) is 3.76. The second-order valence-corrected chi connectivity index (χ2v) is 6.20. The van der Waals surface area contributed by atoms with Crippen LogP contribution in [0.1, 0.15) is 18.4 Å². The zero-order valence-corrected chi connectivity index (χ0v) is 13.9. The number of hydrogen-bond donors (Lipinski definition) is 2. The van der Waals surface area contributed by atoms with E-state index in [1.807, 2.05) is 31.1 Å². The third kappa shape index (κ3) is 4.91. The normalized spacial score (nSPS) is 16.5. The van der Waals surface area contributed by atoms with Crippen molar-refractivity contribution in [3.8, 4) is 0 Å². The van der Waals surface area contributed by atoms with Gasteiger partial charge in [0.05, 0.1) is 11.6 Å². The van der Waals surface area contributed by atoms with Gasteiger partial charge in [0.1, 0.15) is 5.82 Å². The number of aliphatic carboxylic acids is 1. The number of likely N-dealkylation sites (N-methyl/N-ethyl adjacent to an activating group) is 2. The third-order valence-electron chi connectivity index (χ3n) is 4.46. The molecule has 5 nitrogen and oxygen atoms in total. The van der Waals surface area contributed by atoms with Gasteiger partial charge in [0.2, 0.25) is 0 Å². The highest BCUT2D eigenvalue weighted by atomic mass is 19.1. The number of likely N-dealkylation sites (tertiary alicyclic amines) is 1. The van der Waals surface area contributed by atoms with Gasteiger partial charge in [-0.05, 0) is 50.7 Å². The SMILES string of the molecule is CNCCN(C)c1cc(CN2CCC(C(=O)O)CC2)ccc1F. The largest absolute Gasteiger partial charge is 0.481 e. The molecular weight excluding hydrogens is 297 g/mol. The van der Waals surface area contributed by atoms with Gasteiger partial charge in [-0.3, -0.25) is 9.69 Å². The summed E-state index contributed by atoms with van der Waals surface area (Å²) >= 11 is 0. The molecule has 6 heteroatoms. The molecule has 23 heavy (non-hydrogen) atoms. The number of carboxylic acid groups (broad SMARTS) is 1. The van der Waals surface area contributed by atoms with Crippen LogP contribution in [0.15, 0.2) is 18.2 Å². The van der Waals surface area contributed by atoms with Crippen molar-refractivity contribution in [1.29, 1.82) is 0 Å². The van der Waals surface area contributed by atoms with E-state index >= 15 is 0 Å². The molecule has 0 bridgehead atoms. The molecule has 1 aromatic carbocycles. The van der Waals surface area contributed by atoms with Crippen LogP contribution >= 0.6 is 0 Å². The molecule has 2 N–H and O–H groups in total. The van der Waals surface area contributed by atoms with Crippen molar-refractivity contribution in [2.45, 2.75) is 19.4 Å². The summed E-state index contributed by atoms with van der Waals surface area (Å²) in [5.41, 5.74) is 1.67. The maximum Gasteiger partial charge on any atom is 0.306 e. The standard InChI is InChI=1S/C17H26FN3O2/c1-19-7-10-20(2)16-11-13(3-4-15(16)18)12-21-8-5-14(6-9-21)17(22)23/h3-4,11,14,19H,5-10,12H2,1-2H3,(H,22,23). The second-order valence-electron chi connectivity index (χ2n) is 6.20. The van der Waals surface area contributed by atoms with Gasteiger partial charge in [-0.25, -0.2) is 4.39 Å². The van der Waals surface area contributed by atoms with Gasteiger partial charge in [0, 0.05) is 26.7 Å². The average Bonchev–Trinajstić information content (AvgIpc) is 2.55. The number of anilines is 1. The first kappa shape index (κ1) is 17.7. The Labute approximate surface area is 137 Å². The molecule has 128 valence electrons. The first-order valence-electron chi connectivity index (χ1n) is 8.10. The monoisotopic (exact) mass is 323 g/mol. The summed E-state index contributed by atoms with van der Waals surface area (Å²) in [6, 6.07) is 5.23. The number of carbonyl (C=O) groups is 1. The molecule has 0 aliphatic carbocycles. The van der Waals surface area contributed by atoms with Crippen LogP contribution in [0.25, 0.3) is 0 Å². The molecule has 1 saturated heterocycles. The van der Waals surface area contributed by atoms with Crippen molar-refractivity contribution in [1.82, 2.24) is 10.2 Å². The quantitative estimate of drug-likeness (QED) is 0.801. The summed E-state index contributed by atoms with van der Waals surface area (Å²) in [6.07, 6.45) is 1.37. The Morgan fingerprint density at radius 1 is 1.43 bits per heavy atom. The van der Waals surface area contributed by atoms with E-state index in [0.29, 0.717) is 18.5 Å². The van der Waals surface area contributed by atoms with Crippen LogP contribution in [0.2, 0.25) is 0 Å². The van der Waals surface area contributed by atoms with E-state index in [4.69, 9.17) is 5.11 Å². The maximum absolute atomic E-state index is 14.0. The fraction of sp³-hybridized carbons (Fsp3) is 0.588. The smallest absolute Gasteiger partial charge is 0.306 e. The van der Waals surface area contributed by atoms with Crippen molar-refractivity contribution in [2.24, 2.45) is 5.92 Å². The highest BCUT2D eigenvalue weighted by molar-refractivity contribution is 5.70. The minimum Gasteiger partial charge on any atom is -0.481 e. The lowest BCUT2D eigenvalue weighted by atomic mass is 9.97. The van der Waals surface area contributed by atoms with Crippen molar-refractivity contribution in [2.75, 3.05) is 45.2 Å². The summed E-state index contributed by atoms with van der Waals surface area (Å²) in [5, 5.41) is 12.1. The van der Waals surface area contributed by atoms with E-state index in [2.05, 4.69) is 10.2 Å². The summed E-state index contributed by atoms with van der Waals surface area (Å²) in [4.78, 5) is 15.1. The molecule has 0 aromatic heterocycles. The van der Waals surface area contributed by atoms with E-state index in [9.17, 15) is 9.18 Å². The Morgan fingerprint density at radius 2 is 2.13 bits per heavy atom. The molecule has 2 rings (SSSR count). The first-order valence-corrected chi connectivity index (χ1v) is 8.10. The molecule has 1 heterocycles. The van der Waals surface area contributed by atoms with Gasteiger partial charge in [0.15, 0.2) is 0 Å². The molecule has 0 atom stereocenters. The zero-order valence-electron chi connectivity index (χ0n) is 13.9. The Bertz CT molecular complexity index is 531. The van der Waals surface area contributed by atoms with E-state index in [1.54, 1.807) is 0 Å². The van der Waals surface area contributed by atoms with Crippen LogP contribution in [0, 0.1) is 11.7 Å². The molecule has 1 fully saturated rings. The van der Waals surface area contributed by atoms with Crippen LogP contribution in [-0.2, 0) is 11.3 Å². The molecule has 0 radical (unpaired) electrons. The zero-order chi connectivity index (χ0) is 16.8. The predicted molar refractivity (Wildman–Crippen MR) is 89.2 cm³/mol. The summed E-state index contributed by atoms with van der Waals surface area (Å²) in [6.45, 7) is 3.82. The van der Waals surface area contributed by atoms with Crippen molar-refractivity contribution in [3.05, 3.63) is 29.6 Å². The second kappa shape index (κ2) is 8.26. The molecule has 0 spiro atoms. The molecule has 0 amide bonds. The number of carboxylic acids is 1. The van der Waals surface area contributed by atoms with Crippen LogP contribution in [0.5, 0.6) is 0 Å². The Morgan fingerprint density at radius 3 is 2.74 bits per heavy atom. The lowest BCUT2D eigenvalue weighted by Gasteiger charge is -2.30. The van der Waals surface area contributed by atoms with Gasteiger partial charge >= 0.3 is 5.97 Å². The fourth-order valence-electron chi connectivity index (χ4n) is 2.95. The number of benzene rings is 1. The van der Waals surface area contributed by atoms with Crippen molar-refractivity contribution >= 4 is 11.7 Å². The third-order valence-corrected chi connectivity index (χ3v) is 4.46. The van der Waals surface area contributed by atoms with E-state index in [0.717, 1.165) is 38.3 Å². The van der Waals surface area contributed by atoms with E-state index in [1.165, 1.54) is 6.07 Å². The highest BCUT2D eigenvalue weighted by Crippen LogP contribution is 2.23. The van der Waals surface area contributed by atoms with Crippen molar-refractivity contribution in [3.63, 3.8) is 0 Å². The number of piperidine rings is 1. The Balaban J connectivity index is 1.97. The average molecular weight is 323 g/mol. The first-order chi connectivity index (χ1) is 11.0. The van der Waals surface area contributed by atoms with Crippen LogP contribution in [0.3, 0.4) is 0 Å². The van der Waals surface area contributed by atoms with Gasteiger partial charge in [-0.2, -0.15) is 0 Å². The van der Waals surface area contributed by atoms with Gasteiger partial charge in [0.25, 0.3) is 0 Å². The highest BCUT2D eigenvalue weighted by Gasteiger charge is 2.24. The number of rotatable bonds is 7. The summed E-state index contributed by atoms with van der Waals surface area (Å²) in [5.74, 6) is -1.13. The minimum absolute atomic E-state index is 0.211. The fourth-order valence-corrected chi connectivity index (χ4v) is 2.95. The number of hydrogen-bond acceptors (Lipinski definition) is 4.